The highest BCUT2D eigenvalue weighted by Crippen LogP contribution is 2.22. The van der Waals surface area contributed by atoms with Crippen LogP contribution >= 0.6 is 0 Å². The van der Waals surface area contributed by atoms with Crippen molar-refractivity contribution < 1.29 is 14.3 Å². The van der Waals surface area contributed by atoms with Crippen molar-refractivity contribution in [1.29, 1.82) is 0 Å². The lowest BCUT2D eigenvalue weighted by Gasteiger charge is -2.16. The fraction of sp³-hybridized carbons (Fsp3) is 0.350. The third kappa shape index (κ3) is 4.17. The van der Waals surface area contributed by atoms with Crippen molar-refractivity contribution in [3.8, 4) is 5.75 Å². The van der Waals surface area contributed by atoms with Crippen molar-refractivity contribution in [2.75, 3.05) is 13.1 Å². The number of aromatic hydroxyl groups is 1. The number of benzene rings is 2. The maximum Gasteiger partial charge on any atom is 0.253 e. The lowest BCUT2D eigenvalue weighted by Crippen LogP contribution is -2.27. The largest absolute Gasteiger partial charge is 0.505 e. The second-order valence-corrected chi connectivity index (χ2v) is 6.51. The van der Waals surface area contributed by atoms with Gasteiger partial charge in [-0.1, -0.05) is 18.2 Å². The summed E-state index contributed by atoms with van der Waals surface area (Å²) in [6.45, 7) is 4.28. The van der Waals surface area contributed by atoms with E-state index in [-0.39, 0.29) is 17.7 Å². The van der Waals surface area contributed by atoms with Gasteiger partial charge in [-0.3, -0.25) is 4.79 Å². The quantitative estimate of drug-likeness (QED) is 0.873. The molecule has 0 aromatic heterocycles. The van der Waals surface area contributed by atoms with Gasteiger partial charge in [-0.25, -0.2) is 4.39 Å². The molecular weight excluding hydrogens is 319 g/mol. The molecular formula is C20H23FN2O2. The normalized spacial score (nSPS) is 15.4. The Labute approximate surface area is 147 Å². The van der Waals surface area contributed by atoms with Crippen LogP contribution in [0.2, 0.25) is 0 Å². The van der Waals surface area contributed by atoms with Crippen molar-refractivity contribution in [2.24, 2.45) is 0 Å². The minimum Gasteiger partial charge on any atom is -0.505 e. The van der Waals surface area contributed by atoms with Crippen LogP contribution in [-0.2, 0) is 6.54 Å². The molecule has 2 N–H and O–H groups in total. The second-order valence-electron chi connectivity index (χ2n) is 6.51. The summed E-state index contributed by atoms with van der Waals surface area (Å²) >= 11 is 0. The number of rotatable bonds is 5. The molecule has 1 aliphatic rings. The first kappa shape index (κ1) is 17.4. The zero-order valence-corrected chi connectivity index (χ0v) is 14.3. The molecule has 132 valence electrons. The number of carbonyl (C=O) groups is 1. The molecule has 1 fully saturated rings. The Morgan fingerprint density at radius 2 is 1.88 bits per heavy atom. The Morgan fingerprint density at radius 3 is 2.52 bits per heavy atom. The minimum absolute atomic E-state index is 0.0302. The highest BCUT2D eigenvalue weighted by atomic mass is 19.1. The standard InChI is InChI=1S/C20H23FN2O2/c1-14(17-8-9-18(21)19(24)12-17)22-13-15-4-6-16(7-5-15)20(25)23-10-2-3-11-23/h4-9,12,14,22,24H,2-3,10-11,13H2,1H3. The first-order chi connectivity index (χ1) is 12.0. The van der Waals surface area contributed by atoms with Crippen LogP contribution in [0.25, 0.3) is 0 Å². The molecule has 1 amide bonds. The second kappa shape index (κ2) is 7.66. The van der Waals surface area contributed by atoms with Crippen molar-refractivity contribution in [3.63, 3.8) is 0 Å². The number of carbonyl (C=O) groups excluding carboxylic acids is 1. The first-order valence-electron chi connectivity index (χ1n) is 8.64. The predicted molar refractivity (Wildman–Crippen MR) is 94.9 cm³/mol. The van der Waals surface area contributed by atoms with Crippen LogP contribution in [-0.4, -0.2) is 29.0 Å². The number of phenols is 1. The summed E-state index contributed by atoms with van der Waals surface area (Å²) in [5.41, 5.74) is 2.61. The summed E-state index contributed by atoms with van der Waals surface area (Å²) in [5, 5.41) is 12.8. The maximum atomic E-state index is 13.1. The minimum atomic E-state index is -0.616. The van der Waals surface area contributed by atoms with Gasteiger partial charge in [-0.2, -0.15) is 0 Å². The molecule has 1 unspecified atom stereocenters. The van der Waals surface area contributed by atoms with Gasteiger partial charge in [0, 0.05) is 31.2 Å². The fourth-order valence-corrected chi connectivity index (χ4v) is 3.06. The lowest BCUT2D eigenvalue weighted by molar-refractivity contribution is 0.0793. The molecule has 2 aromatic carbocycles. The van der Waals surface area contributed by atoms with Crippen LogP contribution < -0.4 is 5.32 Å². The van der Waals surface area contributed by atoms with E-state index in [1.54, 1.807) is 6.07 Å². The Hall–Kier alpha value is -2.40. The average molecular weight is 342 g/mol. The predicted octanol–water partition coefficient (Wildman–Crippen LogP) is 3.62. The van der Waals surface area contributed by atoms with Gasteiger partial charge in [0.05, 0.1) is 0 Å². The zero-order chi connectivity index (χ0) is 17.8. The van der Waals surface area contributed by atoms with Gasteiger partial charge in [0.25, 0.3) is 5.91 Å². The van der Waals surface area contributed by atoms with Crippen molar-refractivity contribution in [3.05, 3.63) is 65.0 Å². The highest BCUT2D eigenvalue weighted by molar-refractivity contribution is 5.94. The molecule has 0 aliphatic carbocycles. The van der Waals surface area contributed by atoms with Gasteiger partial charge < -0.3 is 15.3 Å². The Bertz CT molecular complexity index is 740. The molecule has 4 nitrogen and oxygen atoms in total. The first-order valence-corrected chi connectivity index (χ1v) is 8.64. The van der Waals surface area contributed by atoms with Gasteiger partial charge in [-0.15, -0.1) is 0 Å². The molecule has 25 heavy (non-hydrogen) atoms. The van der Waals surface area contributed by atoms with E-state index in [9.17, 15) is 14.3 Å². The monoisotopic (exact) mass is 342 g/mol. The third-order valence-corrected chi connectivity index (χ3v) is 4.68. The molecule has 2 aromatic rings. The summed E-state index contributed by atoms with van der Waals surface area (Å²) in [5.74, 6) is -0.850. The Morgan fingerprint density at radius 1 is 1.20 bits per heavy atom. The number of phenolic OH excluding ortho intramolecular Hbond substituents is 1. The number of halogens is 1. The summed E-state index contributed by atoms with van der Waals surface area (Å²) in [4.78, 5) is 14.2. The molecule has 1 atom stereocenters. The van der Waals surface area contributed by atoms with E-state index < -0.39 is 5.82 Å². The smallest absolute Gasteiger partial charge is 0.253 e. The molecule has 0 radical (unpaired) electrons. The number of likely N-dealkylation sites (tertiary alicyclic amines) is 1. The number of hydrogen-bond acceptors (Lipinski definition) is 3. The van der Waals surface area contributed by atoms with E-state index in [1.165, 1.54) is 12.1 Å². The summed E-state index contributed by atoms with van der Waals surface area (Å²) in [6.07, 6.45) is 2.18. The number of hydrogen-bond donors (Lipinski definition) is 2. The highest BCUT2D eigenvalue weighted by Gasteiger charge is 2.19. The van der Waals surface area contributed by atoms with Crippen LogP contribution in [0.5, 0.6) is 5.75 Å². The Kier molecular flexibility index (Phi) is 5.34. The molecule has 5 heteroatoms. The third-order valence-electron chi connectivity index (χ3n) is 4.68. The van der Waals surface area contributed by atoms with Crippen LogP contribution in [0.1, 0.15) is 47.3 Å². The van der Waals surface area contributed by atoms with Gasteiger partial charge in [0.1, 0.15) is 0 Å². The molecule has 0 saturated carbocycles. The molecule has 1 aliphatic heterocycles. The van der Waals surface area contributed by atoms with Crippen LogP contribution in [0, 0.1) is 5.82 Å². The SMILES string of the molecule is CC(NCc1ccc(C(=O)N2CCCC2)cc1)c1ccc(F)c(O)c1. The molecule has 1 saturated heterocycles. The number of amides is 1. The van der Waals surface area contributed by atoms with E-state index in [0.717, 1.165) is 42.6 Å². The van der Waals surface area contributed by atoms with E-state index in [2.05, 4.69) is 5.32 Å². The summed E-state index contributed by atoms with van der Waals surface area (Å²) in [7, 11) is 0. The van der Waals surface area contributed by atoms with Gasteiger partial charge in [0.2, 0.25) is 0 Å². The Balaban J connectivity index is 1.57. The molecule has 3 rings (SSSR count). The maximum absolute atomic E-state index is 13.1. The van der Waals surface area contributed by atoms with Crippen LogP contribution in [0.4, 0.5) is 4.39 Å². The fourth-order valence-electron chi connectivity index (χ4n) is 3.06. The van der Waals surface area contributed by atoms with Gasteiger partial charge in [-0.05, 0) is 55.2 Å². The molecule has 0 spiro atoms. The topological polar surface area (TPSA) is 52.6 Å². The average Bonchev–Trinajstić information content (AvgIpc) is 3.16. The number of nitrogens with zero attached hydrogens (tertiary/aromatic N) is 1. The van der Waals surface area contributed by atoms with Crippen molar-refractivity contribution >= 4 is 5.91 Å². The van der Waals surface area contributed by atoms with Crippen LogP contribution in [0.3, 0.4) is 0 Å². The van der Waals surface area contributed by atoms with Crippen molar-refractivity contribution in [2.45, 2.75) is 32.4 Å². The van der Waals surface area contributed by atoms with Crippen LogP contribution in [0.15, 0.2) is 42.5 Å². The van der Waals surface area contributed by atoms with E-state index in [1.807, 2.05) is 36.1 Å². The summed E-state index contributed by atoms with van der Waals surface area (Å²) < 4.78 is 13.1. The lowest BCUT2D eigenvalue weighted by atomic mass is 10.1. The zero-order valence-electron chi connectivity index (χ0n) is 14.3. The van der Waals surface area contributed by atoms with E-state index in [4.69, 9.17) is 0 Å². The van der Waals surface area contributed by atoms with Gasteiger partial charge in [0.15, 0.2) is 11.6 Å². The number of nitrogens with one attached hydrogen (secondary N) is 1. The van der Waals surface area contributed by atoms with E-state index in [0.29, 0.717) is 6.54 Å². The van der Waals surface area contributed by atoms with E-state index >= 15 is 0 Å². The summed E-state index contributed by atoms with van der Waals surface area (Å²) in [6, 6.07) is 12.0. The molecule has 0 bridgehead atoms. The van der Waals surface area contributed by atoms with Crippen molar-refractivity contribution in [1.82, 2.24) is 10.2 Å². The van der Waals surface area contributed by atoms with Gasteiger partial charge >= 0.3 is 0 Å². The molecule has 1 heterocycles.